The normalized spacial score (nSPS) is 11.9. The molecule has 0 unspecified atom stereocenters. The van der Waals surface area contributed by atoms with Crippen LogP contribution in [0.2, 0.25) is 0 Å². The van der Waals surface area contributed by atoms with Crippen molar-refractivity contribution in [1.82, 2.24) is 9.55 Å². The van der Waals surface area contributed by atoms with Crippen molar-refractivity contribution in [3.63, 3.8) is 0 Å². The molecule has 0 saturated heterocycles. The van der Waals surface area contributed by atoms with Crippen molar-refractivity contribution in [2.45, 2.75) is 19.9 Å². The van der Waals surface area contributed by atoms with E-state index in [0.29, 0.717) is 0 Å². The summed E-state index contributed by atoms with van der Waals surface area (Å²) in [6.45, 7) is 3.20. The molecule has 29 heavy (non-hydrogen) atoms. The van der Waals surface area contributed by atoms with Crippen LogP contribution in [0.3, 0.4) is 0 Å². The van der Waals surface area contributed by atoms with Gasteiger partial charge in [0.2, 0.25) is 0 Å². The molecule has 0 aliphatic carbocycles. The fourth-order valence-corrected chi connectivity index (χ4v) is 4.85. The standard InChI is InChI=1S/C27H22N2/c1-2-29-25-13-6-4-10-21(25)23-17-18(14-15-26(23)29)16-19-8-7-11-22-20-9-3-5-12-24(20)28-27(19)22/h3-15,17,28H,2,16H2,1H3. The summed E-state index contributed by atoms with van der Waals surface area (Å²) in [4.78, 5) is 3.64. The van der Waals surface area contributed by atoms with Gasteiger partial charge in [-0.25, -0.2) is 0 Å². The predicted molar refractivity (Wildman–Crippen MR) is 124 cm³/mol. The molecule has 0 amide bonds. The SMILES string of the molecule is CCn1c2ccccc2c2cc(Cc3cccc4c3[nH]c3ccccc34)ccc21. The summed E-state index contributed by atoms with van der Waals surface area (Å²) in [5.41, 5.74) is 7.79. The molecule has 0 atom stereocenters. The minimum atomic E-state index is 0.922. The van der Waals surface area contributed by atoms with Crippen LogP contribution in [0, 0.1) is 0 Å². The molecule has 6 aromatic rings. The Bertz CT molecular complexity index is 1510. The molecule has 0 fully saturated rings. The maximum absolute atomic E-state index is 3.64. The Labute approximate surface area is 169 Å². The third kappa shape index (κ3) is 2.42. The number of hydrogen-bond acceptors (Lipinski definition) is 0. The molecule has 0 spiro atoms. The summed E-state index contributed by atoms with van der Waals surface area (Å²) in [7, 11) is 0. The van der Waals surface area contributed by atoms with Gasteiger partial charge in [-0.2, -0.15) is 0 Å². The highest BCUT2D eigenvalue weighted by molar-refractivity contribution is 6.09. The average Bonchev–Trinajstić information content (AvgIpc) is 3.30. The van der Waals surface area contributed by atoms with Gasteiger partial charge < -0.3 is 9.55 Å². The van der Waals surface area contributed by atoms with E-state index in [2.05, 4.69) is 101 Å². The highest BCUT2D eigenvalue weighted by Crippen LogP contribution is 2.32. The molecule has 6 rings (SSSR count). The van der Waals surface area contributed by atoms with Crippen molar-refractivity contribution >= 4 is 43.6 Å². The van der Waals surface area contributed by atoms with E-state index in [-0.39, 0.29) is 0 Å². The molecule has 140 valence electrons. The maximum atomic E-state index is 3.64. The first kappa shape index (κ1) is 16.4. The number of hydrogen-bond donors (Lipinski definition) is 1. The summed E-state index contributed by atoms with van der Waals surface area (Å²) < 4.78 is 2.41. The Morgan fingerprint density at radius 3 is 2.34 bits per heavy atom. The largest absolute Gasteiger partial charge is 0.354 e. The first-order chi connectivity index (χ1) is 14.3. The number of rotatable bonds is 3. The first-order valence-corrected chi connectivity index (χ1v) is 10.3. The Hall–Kier alpha value is -3.52. The number of nitrogens with one attached hydrogen (secondary N) is 1. The zero-order valence-electron chi connectivity index (χ0n) is 16.4. The van der Waals surface area contributed by atoms with E-state index in [0.717, 1.165) is 13.0 Å². The number of aromatic nitrogens is 2. The van der Waals surface area contributed by atoms with Crippen LogP contribution < -0.4 is 0 Å². The molecule has 2 heterocycles. The lowest BCUT2D eigenvalue weighted by atomic mass is 10.0. The molecule has 0 aliphatic rings. The fourth-order valence-electron chi connectivity index (χ4n) is 4.85. The molecule has 2 heteroatoms. The number of fused-ring (bicyclic) bond motifs is 6. The van der Waals surface area contributed by atoms with Gasteiger partial charge in [0.1, 0.15) is 0 Å². The smallest absolute Gasteiger partial charge is 0.0500 e. The minimum Gasteiger partial charge on any atom is -0.354 e. The topological polar surface area (TPSA) is 20.7 Å². The average molecular weight is 374 g/mol. The van der Waals surface area contributed by atoms with Crippen LogP contribution in [0.5, 0.6) is 0 Å². The third-order valence-corrected chi connectivity index (χ3v) is 6.18. The van der Waals surface area contributed by atoms with Gasteiger partial charge in [-0.05, 0) is 48.7 Å². The molecule has 0 saturated carbocycles. The summed E-state index contributed by atoms with van der Waals surface area (Å²) in [6, 6.07) is 30.9. The zero-order valence-corrected chi connectivity index (χ0v) is 16.4. The van der Waals surface area contributed by atoms with Crippen molar-refractivity contribution in [1.29, 1.82) is 0 Å². The number of aryl methyl sites for hydroxylation is 1. The summed E-state index contributed by atoms with van der Waals surface area (Å²) in [5, 5.41) is 5.30. The van der Waals surface area contributed by atoms with E-state index in [1.54, 1.807) is 0 Å². The Morgan fingerprint density at radius 2 is 1.45 bits per heavy atom. The highest BCUT2D eigenvalue weighted by atomic mass is 15.0. The van der Waals surface area contributed by atoms with Crippen LogP contribution in [0.25, 0.3) is 43.6 Å². The van der Waals surface area contributed by atoms with Crippen LogP contribution in [-0.2, 0) is 13.0 Å². The third-order valence-electron chi connectivity index (χ3n) is 6.18. The Kier molecular flexibility index (Phi) is 3.54. The number of nitrogens with zero attached hydrogens (tertiary/aromatic N) is 1. The Balaban J connectivity index is 1.52. The van der Waals surface area contributed by atoms with E-state index in [1.807, 2.05) is 0 Å². The first-order valence-electron chi connectivity index (χ1n) is 10.3. The number of para-hydroxylation sites is 3. The lowest BCUT2D eigenvalue weighted by Crippen LogP contribution is -1.93. The summed E-state index contributed by atoms with van der Waals surface area (Å²) >= 11 is 0. The summed E-state index contributed by atoms with van der Waals surface area (Å²) in [6.07, 6.45) is 0.922. The minimum absolute atomic E-state index is 0.922. The second kappa shape index (κ2) is 6.25. The van der Waals surface area contributed by atoms with Gasteiger partial charge in [0, 0.05) is 44.6 Å². The van der Waals surface area contributed by atoms with E-state index in [4.69, 9.17) is 0 Å². The van der Waals surface area contributed by atoms with E-state index < -0.39 is 0 Å². The summed E-state index contributed by atoms with van der Waals surface area (Å²) in [5.74, 6) is 0. The molecule has 0 bridgehead atoms. The molecule has 2 aromatic heterocycles. The van der Waals surface area contributed by atoms with Crippen LogP contribution in [-0.4, -0.2) is 9.55 Å². The molecule has 0 radical (unpaired) electrons. The molecule has 1 N–H and O–H groups in total. The van der Waals surface area contributed by atoms with Gasteiger partial charge >= 0.3 is 0 Å². The lowest BCUT2D eigenvalue weighted by Gasteiger charge is -2.06. The van der Waals surface area contributed by atoms with Gasteiger partial charge in [0.05, 0.1) is 5.52 Å². The molecular weight excluding hydrogens is 352 g/mol. The molecule has 4 aromatic carbocycles. The second-order valence-corrected chi connectivity index (χ2v) is 7.80. The van der Waals surface area contributed by atoms with Crippen molar-refractivity contribution in [3.05, 3.63) is 96.1 Å². The van der Waals surface area contributed by atoms with Crippen LogP contribution in [0.1, 0.15) is 18.1 Å². The second-order valence-electron chi connectivity index (χ2n) is 7.80. The molecular formula is C27H22N2. The quantitative estimate of drug-likeness (QED) is 0.343. The van der Waals surface area contributed by atoms with Crippen molar-refractivity contribution in [2.24, 2.45) is 0 Å². The van der Waals surface area contributed by atoms with Crippen molar-refractivity contribution in [3.8, 4) is 0 Å². The van der Waals surface area contributed by atoms with Crippen molar-refractivity contribution < 1.29 is 0 Å². The maximum Gasteiger partial charge on any atom is 0.0500 e. The van der Waals surface area contributed by atoms with Crippen LogP contribution >= 0.6 is 0 Å². The van der Waals surface area contributed by atoms with Gasteiger partial charge in [-0.1, -0.05) is 60.7 Å². The fraction of sp³-hybridized carbons (Fsp3) is 0.111. The van der Waals surface area contributed by atoms with Gasteiger partial charge in [0.25, 0.3) is 0 Å². The molecule has 0 aliphatic heterocycles. The molecule has 2 nitrogen and oxygen atoms in total. The predicted octanol–water partition coefficient (Wildman–Crippen LogP) is 7.04. The van der Waals surface area contributed by atoms with E-state index in [1.165, 1.54) is 54.7 Å². The van der Waals surface area contributed by atoms with Gasteiger partial charge in [0.15, 0.2) is 0 Å². The van der Waals surface area contributed by atoms with Gasteiger partial charge in [-0.15, -0.1) is 0 Å². The lowest BCUT2D eigenvalue weighted by molar-refractivity contribution is 0.827. The number of aromatic amines is 1. The van der Waals surface area contributed by atoms with E-state index in [9.17, 15) is 0 Å². The van der Waals surface area contributed by atoms with Crippen molar-refractivity contribution in [2.75, 3.05) is 0 Å². The van der Waals surface area contributed by atoms with Gasteiger partial charge in [-0.3, -0.25) is 0 Å². The van der Waals surface area contributed by atoms with Crippen LogP contribution in [0.15, 0.2) is 84.9 Å². The Morgan fingerprint density at radius 1 is 0.690 bits per heavy atom. The van der Waals surface area contributed by atoms with E-state index >= 15 is 0 Å². The number of H-pyrrole nitrogens is 1. The zero-order chi connectivity index (χ0) is 19.4. The number of benzene rings is 4. The highest BCUT2D eigenvalue weighted by Gasteiger charge is 2.12. The van der Waals surface area contributed by atoms with Crippen LogP contribution in [0.4, 0.5) is 0 Å². The monoisotopic (exact) mass is 374 g/mol.